The largest absolute Gasteiger partial charge is 0.336 e. The van der Waals surface area contributed by atoms with E-state index >= 15 is 0 Å². The van der Waals surface area contributed by atoms with Crippen LogP contribution in [0.15, 0.2) is 11.0 Å². The smallest absolute Gasteiger partial charge is 0.271 e. The van der Waals surface area contributed by atoms with Crippen molar-refractivity contribution in [1.82, 2.24) is 14.3 Å². The third kappa shape index (κ3) is 2.67. The maximum atomic E-state index is 12.8. The van der Waals surface area contributed by atoms with Crippen molar-refractivity contribution in [2.45, 2.75) is 47.6 Å². The summed E-state index contributed by atoms with van der Waals surface area (Å²) in [7, 11) is 0. The van der Waals surface area contributed by atoms with Crippen molar-refractivity contribution in [2.24, 2.45) is 5.92 Å². The normalized spacial score (nSPS) is 12.9. The Morgan fingerprint density at radius 2 is 2.00 bits per heavy atom. The number of fused-ring (bicyclic) bond motifs is 1. The molecule has 0 fully saturated rings. The molecule has 0 N–H and O–H groups in total. The van der Waals surface area contributed by atoms with Crippen LogP contribution in [0.2, 0.25) is 0 Å². The monoisotopic (exact) mass is 321 g/mol. The molecule has 0 bridgehead atoms. The highest BCUT2D eigenvalue weighted by Crippen LogP contribution is 2.19. The van der Waals surface area contributed by atoms with Crippen molar-refractivity contribution in [3.63, 3.8) is 0 Å². The van der Waals surface area contributed by atoms with Gasteiger partial charge in [0.25, 0.3) is 11.5 Å². The summed E-state index contributed by atoms with van der Waals surface area (Å²) >= 11 is 1.47. The number of hydrogen-bond acceptors (Lipinski definition) is 4. The first-order valence-electron chi connectivity index (χ1n) is 7.58. The SMILES string of the molecule is CCN(C(=O)c1cnc2sc(C)c(C)n2c1=O)[C@H](C)C(C)C. The van der Waals surface area contributed by atoms with Gasteiger partial charge < -0.3 is 4.90 Å². The minimum atomic E-state index is -0.272. The summed E-state index contributed by atoms with van der Waals surface area (Å²) in [6, 6.07) is 0.0721. The van der Waals surface area contributed by atoms with Crippen molar-refractivity contribution in [1.29, 1.82) is 0 Å². The highest BCUT2D eigenvalue weighted by atomic mass is 32.1. The van der Waals surface area contributed by atoms with E-state index in [-0.39, 0.29) is 23.1 Å². The molecule has 0 aromatic carbocycles. The van der Waals surface area contributed by atoms with Gasteiger partial charge >= 0.3 is 0 Å². The van der Waals surface area contributed by atoms with E-state index in [1.165, 1.54) is 17.5 Å². The van der Waals surface area contributed by atoms with Crippen molar-refractivity contribution < 1.29 is 4.79 Å². The summed E-state index contributed by atoms with van der Waals surface area (Å²) in [4.78, 5) is 33.2. The van der Waals surface area contributed by atoms with Crippen molar-refractivity contribution >= 4 is 22.2 Å². The summed E-state index contributed by atoms with van der Waals surface area (Å²) in [5, 5.41) is 0. The van der Waals surface area contributed by atoms with Crippen LogP contribution in [0.3, 0.4) is 0 Å². The molecule has 0 aliphatic carbocycles. The lowest BCUT2D eigenvalue weighted by atomic mass is 10.0. The molecule has 2 heterocycles. The van der Waals surface area contributed by atoms with Crippen LogP contribution in [-0.4, -0.2) is 32.8 Å². The average Bonchev–Trinajstić information content (AvgIpc) is 2.75. The Balaban J connectivity index is 2.55. The van der Waals surface area contributed by atoms with E-state index in [4.69, 9.17) is 0 Å². The summed E-state index contributed by atoms with van der Waals surface area (Å²) in [6.07, 6.45) is 1.42. The number of rotatable bonds is 4. The Bertz CT molecular complexity index is 761. The maximum absolute atomic E-state index is 12.8. The number of aromatic nitrogens is 2. The molecule has 22 heavy (non-hydrogen) atoms. The topological polar surface area (TPSA) is 54.7 Å². The van der Waals surface area contributed by atoms with Gasteiger partial charge in [-0.15, -0.1) is 11.3 Å². The maximum Gasteiger partial charge on any atom is 0.271 e. The van der Waals surface area contributed by atoms with Gasteiger partial charge in [0.15, 0.2) is 4.96 Å². The number of aryl methyl sites for hydroxylation is 2. The molecule has 5 nitrogen and oxygen atoms in total. The van der Waals surface area contributed by atoms with E-state index in [0.717, 1.165) is 10.6 Å². The molecule has 0 aliphatic heterocycles. The van der Waals surface area contributed by atoms with E-state index in [1.807, 2.05) is 27.7 Å². The van der Waals surface area contributed by atoms with Gasteiger partial charge in [-0.1, -0.05) is 13.8 Å². The van der Waals surface area contributed by atoms with Gasteiger partial charge in [0, 0.05) is 29.4 Å². The van der Waals surface area contributed by atoms with Crippen LogP contribution in [0.4, 0.5) is 0 Å². The molecule has 120 valence electrons. The quantitative estimate of drug-likeness (QED) is 0.870. The van der Waals surface area contributed by atoms with E-state index in [1.54, 1.807) is 9.30 Å². The lowest BCUT2D eigenvalue weighted by Crippen LogP contribution is -2.43. The molecule has 0 saturated heterocycles. The molecule has 2 aromatic rings. The summed E-state index contributed by atoms with van der Waals surface area (Å²) < 4.78 is 1.54. The second-order valence-corrected chi connectivity index (χ2v) is 7.10. The molecule has 1 atom stereocenters. The highest BCUT2D eigenvalue weighted by Gasteiger charge is 2.25. The highest BCUT2D eigenvalue weighted by molar-refractivity contribution is 7.17. The summed E-state index contributed by atoms with van der Waals surface area (Å²) in [5.74, 6) is 0.0901. The first-order valence-corrected chi connectivity index (χ1v) is 8.39. The van der Waals surface area contributed by atoms with Gasteiger partial charge in [-0.2, -0.15) is 0 Å². The lowest BCUT2D eigenvalue weighted by molar-refractivity contribution is 0.0658. The Hall–Kier alpha value is -1.69. The van der Waals surface area contributed by atoms with Crippen molar-refractivity contribution in [3.8, 4) is 0 Å². The van der Waals surface area contributed by atoms with Gasteiger partial charge in [-0.05, 0) is 33.6 Å². The lowest BCUT2D eigenvalue weighted by Gasteiger charge is -2.30. The molecule has 2 aromatic heterocycles. The molecule has 0 unspecified atom stereocenters. The van der Waals surface area contributed by atoms with E-state index in [2.05, 4.69) is 18.8 Å². The molecule has 6 heteroatoms. The number of nitrogens with zero attached hydrogens (tertiary/aromatic N) is 3. The first kappa shape index (κ1) is 16.7. The van der Waals surface area contributed by atoms with E-state index in [0.29, 0.717) is 17.4 Å². The standard InChI is InChI=1S/C16H23N3O2S/c1-7-18(10(4)9(2)3)14(20)13-8-17-16-19(15(13)21)11(5)12(6)22-16/h8-10H,7H2,1-6H3/t10-/m1/s1. The van der Waals surface area contributed by atoms with Crippen LogP contribution in [0.1, 0.15) is 48.6 Å². The van der Waals surface area contributed by atoms with Crippen molar-refractivity contribution in [3.05, 3.63) is 32.7 Å². The molecule has 1 amide bonds. The summed E-state index contributed by atoms with van der Waals surface area (Å²) in [5.41, 5.74) is 0.728. The van der Waals surface area contributed by atoms with Gasteiger partial charge in [0.05, 0.1) is 0 Å². The van der Waals surface area contributed by atoms with Gasteiger partial charge in [0.1, 0.15) is 5.56 Å². The molecular weight excluding hydrogens is 298 g/mol. The fourth-order valence-electron chi connectivity index (χ4n) is 2.45. The van der Waals surface area contributed by atoms with Crippen LogP contribution in [0, 0.1) is 19.8 Å². The average molecular weight is 321 g/mol. The van der Waals surface area contributed by atoms with Crippen LogP contribution < -0.4 is 5.56 Å². The molecule has 0 saturated carbocycles. The zero-order valence-electron chi connectivity index (χ0n) is 14.0. The van der Waals surface area contributed by atoms with E-state index in [9.17, 15) is 9.59 Å². The second-order valence-electron chi connectivity index (χ2n) is 5.91. The number of hydrogen-bond donors (Lipinski definition) is 0. The van der Waals surface area contributed by atoms with E-state index < -0.39 is 0 Å². The molecule has 0 aliphatic rings. The predicted molar refractivity (Wildman–Crippen MR) is 89.8 cm³/mol. The zero-order chi connectivity index (χ0) is 16.6. The third-order valence-electron chi connectivity index (χ3n) is 4.31. The van der Waals surface area contributed by atoms with Crippen LogP contribution in [0.5, 0.6) is 0 Å². The number of carbonyl (C=O) groups is 1. The molecule has 2 rings (SSSR count). The minimum absolute atomic E-state index is 0.0721. The zero-order valence-corrected chi connectivity index (χ0v) is 14.8. The molecule has 0 radical (unpaired) electrons. The molecule has 0 spiro atoms. The Labute approximate surface area is 134 Å². The fraction of sp³-hybridized carbons (Fsp3) is 0.562. The van der Waals surface area contributed by atoms with Gasteiger partial charge in [-0.25, -0.2) is 4.98 Å². The molecular formula is C16H23N3O2S. The Morgan fingerprint density at radius 3 is 2.55 bits per heavy atom. The number of thiazole rings is 1. The Kier molecular flexibility index (Phi) is 4.70. The van der Waals surface area contributed by atoms with Gasteiger partial charge in [0.2, 0.25) is 0 Å². The van der Waals surface area contributed by atoms with Crippen LogP contribution in [-0.2, 0) is 0 Å². The predicted octanol–water partition coefficient (Wildman–Crippen LogP) is 2.88. The fourth-order valence-corrected chi connectivity index (χ4v) is 3.38. The van der Waals surface area contributed by atoms with Crippen LogP contribution in [0.25, 0.3) is 4.96 Å². The number of carbonyl (C=O) groups excluding carboxylic acids is 1. The van der Waals surface area contributed by atoms with Crippen LogP contribution >= 0.6 is 11.3 Å². The van der Waals surface area contributed by atoms with Gasteiger partial charge in [-0.3, -0.25) is 14.0 Å². The Morgan fingerprint density at radius 1 is 1.36 bits per heavy atom. The second kappa shape index (κ2) is 6.20. The minimum Gasteiger partial charge on any atom is -0.336 e. The summed E-state index contributed by atoms with van der Waals surface area (Å²) in [6.45, 7) is 12.5. The first-order chi connectivity index (χ1) is 10.3. The number of amides is 1. The van der Waals surface area contributed by atoms with Crippen molar-refractivity contribution in [2.75, 3.05) is 6.54 Å². The third-order valence-corrected chi connectivity index (χ3v) is 5.38.